The van der Waals surface area contributed by atoms with Gasteiger partial charge < -0.3 is 10.2 Å². The van der Waals surface area contributed by atoms with Crippen LogP contribution in [0.15, 0.2) is 30.3 Å². The van der Waals surface area contributed by atoms with E-state index in [1.165, 1.54) is 5.69 Å². The molecule has 2 rings (SSSR count). The number of hydrogen-bond donors (Lipinski definition) is 1. The molecule has 1 aromatic carbocycles. The van der Waals surface area contributed by atoms with Gasteiger partial charge in [-0.1, -0.05) is 18.2 Å². The van der Waals surface area contributed by atoms with E-state index in [0.29, 0.717) is 5.92 Å². The van der Waals surface area contributed by atoms with Crippen LogP contribution in [0, 0.1) is 5.92 Å². The topological polar surface area (TPSA) is 15.3 Å². The minimum Gasteiger partial charge on any atom is -0.371 e. The second-order valence-corrected chi connectivity index (χ2v) is 5.57. The summed E-state index contributed by atoms with van der Waals surface area (Å²) >= 11 is 0. The number of para-hydroxylation sites is 1. The summed E-state index contributed by atoms with van der Waals surface area (Å²) in [6, 6.07) is 10.1. The van der Waals surface area contributed by atoms with Gasteiger partial charge in [-0.05, 0) is 37.8 Å². The molecule has 1 saturated heterocycles. The number of hydrogen-bond acceptors (Lipinski definition) is 2. The zero-order valence-corrected chi connectivity index (χ0v) is 11.7. The van der Waals surface area contributed by atoms with Gasteiger partial charge in [-0.15, -0.1) is 0 Å². The fraction of sp³-hybridized carbons (Fsp3) is 0.600. The van der Waals surface area contributed by atoms with Gasteiger partial charge in [0.2, 0.25) is 0 Å². The molecule has 1 fully saturated rings. The van der Waals surface area contributed by atoms with E-state index in [4.69, 9.17) is 0 Å². The molecule has 1 aromatic rings. The van der Waals surface area contributed by atoms with Gasteiger partial charge in [0.1, 0.15) is 0 Å². The second kappa shape index (κ2) is 6.48. The first-order valence-electron chi connectivity index (χ1n) is 7.04. The maximum absolute atomic E-state index is 12.1. The summed E-state index contributed by atoms with van der Waals surface area (Å²) in [5.74, 6) is 0.464. The highest BCUT2D eigenvalue weighted by Gasteiger charge is 2.29. The highest BCUT2D eigenvalue weighted by molar-refractivity contribution is 5.46. The summed E-state index contributed by atoms with van der Waals surface area (Å²) in [5, 5.41) is 2.56. The predicted octanol–water partition coefficient (Wildman–Crippen LogP) is 3.44. The van der Waals surface area contributed by atoms with Crippen LogP contribution in [0.4, 0.5) is 18.9 Å². The van der Waals surface area contributed by atoms with E-state index in [1.54, 1.807) is 0 Å². The van der Waals surface area contributed by atoms with Crippen molar-refractivity contribution in [3.05, 3.63) is 30.3 Å². The zero-order chi connectivity index (χ0) is 14.6. The summed E-state index contributed by atoms with van der Waals surface area (Å²) in [4.78, 5) is 2.31. The third-order valence-corrected chi connectivity index (χ3v) is 3.75. The third kappa shape index (κ3) is 4.71. The molecule has 2 atom stereocenters. The first kappa shape index (κ1) is 15.2. The van der Waals surface area contributed by atoms with Crippen LogP contribution >= 0.6 is 0 Å². The Labute approximate surface area is 118 Å². The minimum atomic E-state index is -4.12. The molecule has 2 nitrogen and oxygen atoms in total. The van der Waals surface area contributed by atoms with Gasteiger partial charge >= 0.3 is 6.18 Å². The highest BCUT2D eigenvalue weighted by Crippen LogP contribution is 2.26. The Balaban J connectivity index is 1.76. The van der Waals surface area contributed by atoms with Gasteiger partial charge in [-0.2, -0.15) is 13.2 Å². The normalized spacial score (nSPS) is 21.2. The van der Waals surface area contributed by atoms with E-state index in [9.17, 15) is 13.2 Å². The fourth-order valence-electron chi connectivity index (χ4n) is 2.77. The number of halogens is 3. The van der Waals surface area contributed by atoms with Crippen LogP contribution in [0.1, 0.15) is 19.8 Å². The standard InChI is InChI=1S/C15H21F3N2/c1-12(19-11-15(16,17)18)9-13-7-8-20(10-13)14-5-3-2-4-6-14/h2-6,12-13,19H,7-11H2,1H3. The maximum Gasteiger partial charge on any atom is 0.401 e. The Kier molecular flexibility index (Phi) is 4.91. The molecule has 0 bridgehead atoms. The molecule has 0 aliphatic carbocycles. The number of nitrogens with zero attached hydrogens (tertiary/aromatic N) is 1. The van der Waals surface area contributed by atoms with E-state index < -0.39 is 12.7 Å². The first-order valence-corrected chi connectivity index (χ1v) is 7.04. The van der Waals surface area contributed by atoms with Crippen molar-refractivity contribution in [2.24, 2.45) is 5.92 Å². The summed E-state index contributed by atoms with van der Waals surface area (Å²) in [5.41, 5.74) is 1.20. The number of benzene rings is 1. The van der Waals surface area contributed by atoms with Gasteiger partial charge in [-0.25, -0.2) is 0 Å². The molecule has 1 aliphatic rings. The maximum atomic E-state index is 12.1. The molecule has 1 N–H and O–H groups in total. The molecule has 1 heterocycles. The van der Waals surface area contributed by atoms with E-state index in [-0.39, 0.29) is 6.04 Å². The van der Waals surface area contributed by atoms with Gasteiger partial charge in [0.25, 0.3) is 0 Å². The van der Waals surface area contributed by atoms with Gasteiger partial charge in [0.15, 0.2) is 0 Å². The second-order valence-electron chi connectivity index (χ2n) is 5.57. The van der Waals surface area contributed by atoms with E-state index in [1.807, 2.05) is 25.1 Å². The summed E-state index contributed by atoms with van der Waals surface area (Å²) in [6.45, 7) is 2.85. The van der Waals surface area contributed by atoms with Crippen molar-refractivity contribution in [3.63, 3.8) is 0 Å². The van der Waals surface area contributed by atoms with Crippen LogP contribution in [0.2, 0.25) is 0 Å². The number of rotatable bonds is 5. The average molecular weight is 286 g/mol. The Morgan fingerprint density at radius 1 is 1.30 bits per heavy atom. The van der Waals surface area contributed by atoms with Crippen molar-refractivity contribution in [1.29, 1.82) is 0 Å². The Hall–Kier alpha value is -1.23. The van der Waals surface area contributed by atoms with Crippen LogP contribution in [0.3, 0.4) is 0 Å². The lowest BCUT2D eigenvalue weighted by Crippen LogP contribution is -2.36. The molecule has 2 unspecified atom stereocenters. The van der Waals surface area contributed by atoms with Crippen molar-refractivity contribution in [1.82, 2.24) is 5.32 Å². The van der Waals surface area contributed by atoms with Crippen molar-refractivity contribution >= 4 is 5.69 Å². The molecule has 0 radical (unpaired) electrons. The third-order valence-electron chi connectivity index (χ3n) is 3.75. The summed E-state index contributed by atoms with van der Waals surface area (Å²) in [7, 11) is 0. The largest absolute Gasteiger partial charge is 0.401 e. The van der Waals surface area contributed by atoms with Gasteiger partial charge in [0.05, 0.1) is 6.54 Å². The monoisotopic (exact) mass is 286 g/mol. The Bertz CT molecular complexity index is 405. The van der Waals surface area contributed by atoms with E-state index in [2.05, 4.69) is 22.3 Å². The van der Waals surface area contributed by atoms with E-state index in [0.717, 1.165) is 25.9 Å². The van der Waals surface area contributed by atoms with Crippen LogP contribution in [-0.2, 0) is 0 Å². The average Bonchev–Trinajstić information content (AvgIpc) is 2.85. The Morgan fingerprint density at radius 2 is 2.00 bits per heavy atom. The zero-order valence-electron chi connectivity index (χ0n) is 11.7. The predicted molar refractivity (Wildman–Crippen MR) is 74.9 cm³/mol. The molecule has 112 valence electrons. The summed E-state index contributed by atoms with van der Waals surface area (Å²) in [6.07, 6.45) is -2.29. The van der Waals surface area contributed by atoms with Crippen molar-refractivity contribution in [2.45, 2.75) is 32.0 Å². The molecule has 0 spiro atoms. The van der Waals surface area contributed by atoms with Crippen LogP contribution in [-0.4, -0.2) is 31.9 Å². The van der Waals surface area contributed by atoms with Crippen LogP contribution in [0.5, 0.6) is 0 Å². The molecule has 20 heavy (non-hydrogen) atoms. The van der Waals surface area contributed by atoms with E-state index >= 15 is 0 Å². The molecule has 0 saturated carbocycles. The lowest BCUT2D eigenvalue weighted by Gasteiger charge is -2.21. The van der Waals surface area contributed by atoms with Crippen LogP contribution in [0.25, 0.3) is 0 Å². The van der Waals surface area contributed by atoms with Crippen molar-refractivity contribution < 1.29 is 13.2 Å². The summed E-state index contributed by atoms with van der Waals surface area (Å²) < 4.78 is 36.4. The molecule has 1 aliphatic heterocycles. The number of nitrogens with one attached hydrogen (secondary N) is 1. The fourth-order valence-corrected chi connectivity index (χ4v) is 2.77. The minimum absolute atomic E-state index is 0.0997. The first-order chi connectivity index (χ1) is 9.44. The number of anilines is 1. The van der Waals surface area contributed by atoms with Gasteiger partial charge in [-0.3, -0.25) is 0 Å². The SMILES string of the molecule is CC(CC1CCN(c2ccccc2)C1)NCC(F)(F)F. The quantitative estimate of drug-likeness (QED) is 0.892. The van der Waals surface area contributed by atoms with Crippen LogP contribution < -0.4 is 10.2 Å². The number of alkyl halides is 3. The molecule has 5 heteroatoms. The van der Waals surface area contributed by atoms with Gasteiger partial charge in [0, 0.05) is 24.8 Å². The Morgan fingerprint density at radius 3 is 2.65 bits per heavy atom. The van der Waals surface area contributed by atoms with Crippen molar-refractivity contribution in [3.8, 4) is 0 Å². The van der Waals surface area contributed by atoms with Crippen molar-refractivity contribution in [2.75, 3.05) is 24.5 Å². The molecular weight excluding hydrogens is 265 g/mol. The molecule has 0 aromatic heterocycles. The highest BCUT2D eigenvalue weighted by atomic mass is 19.4. The smallest absolute Gasteiger partial charge is 0.371 e. The lowest BCUT2D eigenvalue weighted by atomic mass is 10.00. The molecular formula is C15H21F3N2. The lowest BCUT2D eigenvalue weighted by molar-refractivity contribution is -0.126. The molecule has 0 amide bonds.